The number of rotatable bonds is 5. The zero-order valence-electron chi connectivity index (χ0n) is 11.5. The van der Waals surface area contributed by atoms with Gasteiger partial charge in [0.15, 0.2) is 0 Å². The van der Waals surface area contributed by atoms with Gasteiger partial charge in [0.1, 0.15) is 0 Å². The Morgan fingerprint density at radius 1 is 1.10 bits per heavy atom. The first-order valence-electron chi connectivity index (χ1n) is 5.99. The van der Waals surface area contributed by atoms with Crippen molar-refractivity contribution >= 4 is 34.2 Å². The molecule has 7 nitrogen and oxygen atoms in total. The highest BCUT2D eigenvalue weighted by Gasteiger charge is 2.33. The van der Waals surface area contributed by atoms with Crippen LogP contribution >= 0.6 is 12.4 Å². The van der Waals surface area contributed by atoms with E-state index in [1.807, 2.05) is 0 Å². The molecule has 0 saturated carbocycles. The second kappa shape index (κ2) is 6.52. The lowest BCUT2D eigenvalue weighted by molar-refractivity contribution is 0.0693. The fourth-order valence-corrected chi connectivity index (χ4v) is 2.96. The van der Waals surface area contributed by atoms with Gasteiger partial charge < -0.3 is 5.32 Å². The van der Waals surface area contributed by atoms with Gasteiger partial charge in [-0.25, -0.2) is 13.1 Å². The largest absolute Gasteiger partial charge is 0.318 e. The van der Waals surface area contributed by atoms with Gasteiger partial charge in [-0.1, -0.05) is 0 Å². The summed E-state index contributed by atoms with van der Waals surface area (Å²) in [7, 11) is -0.607. The van der Waals surface area contributed by atoms with Crippen LogP contribution in [0, 0.1) is 0 Å². The van der Waals surface area contributed by atoms with Crippen LogP contribution in [0.25, 0.3) is 0 Å². The Kier molecular flexibility index (Phi) is 5.46. The molecule has 0 radical (unpaired) electrons. The van der Waals surface area contributed by atoms with Crippen molar-refractivity contribution in [3.63, 3.8) is 0 Å². The van der Waals surface area contributed by atoms with Gasteiger partial charge in [0.05, 0.1) is 16.0 Å². The highest BCUT2D eigenvalue weighted by Crippen LogP contribution is 2.24. The smallest absolute Gasteiger partial charge is 0.261 e. The Hall–Kier alpha value is -1.48. The molecule has 9 heteroatoms. The topological polar surface area (TPSA) is 95.6 Å². The molecule has 2 N–H and O–H groups in total. The van der Waals surface area contributed by atoms with Crippen molar-refractivity contribution in [1.82, 2.24) is 14.9 Å². The number of fused-ring (bicyclic) bond motifs is 1. The summed E-state index contributed by atoms with van der Waals surface area (Å²) < 4.78 is 26.5. The number of imide groups is 1. The molecule has 0 saturated heterocycles. The minimum Gasteiger partial charge on any atom is -0.318 e. The molecule has 1 aliphatic rings. The van der Waals surface area contributed by atoms with E-state index in [-0.39, 0.29) is 35.0 Å². The Bertz CT molecular complexity index is 675. The van der Waals surface area contributed by atoms with Gasteiger partial charge in [-0.2, -0.15) is 0 Å². The summed E-state index contributed by atoms with van der Waals surface area (Å²) in [5.41, 5.74) is 0.348. The zero-order chi connectivity index (χ0) is 14.9. The molecule has 0 bridgehead atoms. The van der Waals surface area contributed by atoms with Gasteiger partial charge in [-0.15, -0.1) is 12.4 Å². The van der Waals surface area contributed by atoms with Crippen molar-refractivity contribution in [3.05, 3.63) is 29.3 Å². The number of sulfonamides is 1. The van der Waals surface area contributed by atoms with Crippen LogP contribution in [0.2, 0.25) is 0 Å². The number of benzene rings is 1. The molecular weight excluding hydrogens is 318 g/mol. The summed E-state index contributed by atoms with van der Waals surface area (Å²) in [6, 6.07) is 3.93. The molecule has 1 aromatic carbocycles. The number of nitrogens with one attached hydrogen (secondary N) is 2. The fourth-order valence-electron chi connectivity index (χ4n) is 1.90. The van der Waals surface area contributed by atoms with Gasteiger partial charge >= 0.3 is 0 Å². The second-order valence-corrected chi connectivity index (χ2v) is 6.14. The predicted molar refractivity (Wildman–Crippen MR) is 79.2 cm³/mol. The third-order valence-corrected chi connectivity index (χ3v) is 4.50. The number of hydrogen-bond acceptors (Lipinski definition) is 5. The summed E-state index contributed by atoms with van der Waals surface area (Å²) in [5, 5.41) is 2.82. The Balaban J connectivity index is 0.00000220. The Morgan fingerprint density at radius 3 is 2.33 bits per heavy atom. The minimum absolute atomic E-state index is 0. The summed E-state index contributed by atoms with van der Waals surface area (Å²) in [6.07, 6.45) is 0. The van der Waals surface area contributed by atoms with Crippen molar-refractivity contribution in [2.45, 2.75) is 4.90 Å². The van der Waals surface area contributed by atoms with Crippen LogP contribution in [0.15, 0.2) is 23.1 Å². The number of carbonyl (C=O) groups excluding carboxylic acids is 2. The third kappa shape index (κ3) is 3.24. The van der Waals surface area contributed by atoms with Crippen LogP contribution < -0.4 is 10.0 Å². The highest BCUT2D eigenvalue weighted by atomic mass is 35.5. The molecule has 0 spiro atoms. The van der Waals surface area contributed by atoms with Crippen molar-refractivity contribution in [2.75, 3.05) is 27.2 Å². The molecule has 1 aromatic rings. The summed E-state index contributed by atoms with van der Waals surface area (Å²) in [5.74, 6) is -0.908. The summed E-state index contributed by atoms with van der Waals surface area (Å²) >= 11 is 0. The van der Waals surface area contributed by atoms with Crippen LogP contribution in [0.1, 0.15) is 20.7 Å². The van der Waals surface area contributed by atoms with Crippen LogP contribution in [-0.2, 0) is 10.0 Å². The van der Waals surface area contributed by atoms with Gasteiger partial charge in [-0.3, -0.25) is 14.5 Å². The molecule has 1 heterocycles. The lowest BCUT2D eigenvalue weighted by Crippen LogP contribution is -2.30. The van der Waals surface area contributed by atoms with Crippen LogP contribution in [0.4, 0.5) is 0 Å². The molecule has 0 unspecified atom stereocenters. The van der Waals surface area contributed by atoms with Crippen molar-refractivity contribution in [3.8, 4) is 0 Å². The van der Waals surface area contributed by atoms with Gasteiger partial charge in [0.25, 0.3) is 11.8 Å². The maximum atomic E-state index is 12.0. The first-order chi connectivity index (χ1) is 9.38. The van der Waals surface area contributed by atoms with E-state index in [9.17, 15) is 18.0 Å². The average molecular weight is 334 g/mol. The number of hydrogen-bond donors (Lipinski definition) is 2. The summed E-state index contributed by atoms with van der Waals surface area (Å²) in [4.78, 5) is 24.5. The maximum absolute atomic E-state index is 12.0. The quantitative estimate of drug-likeness (QED) is 0.576. The molecule has 0 atom stereocenters. The molecule has 21 heavy (non-hydrogen) atoms. The van der Waals surface area contributed by atoms with E-state index in [4.69, 9.17) is 0 Å². The molecule has 2 amide bonds. The second-order valence-electron chi connectivity index (χ2n) is 4.38. The fraction of sp³-hybridized carbons (Fsp3) is 0.333. The van der Waals surface area contributed by atoms with Crippen LogP contribution in [0.3, 0.4) is 0 Å². The average Bonchev–Trinajstić information content (AvgIpc) is 2.64. The zero-order valence-corrected chi connectivity index (χ0v) is 13.2. The SMILES string of the molecule is CNCCNS(=O)(=O)c1ccc2c(c1)C(=O)N(C)C2=O.Cl. The van der Waals surface area contributed by atoms with Crippen LogP contribution in [0.5, 0.6) is 0 Å². The maximum Gasteiger partial charge on any atom is 0.261 e. The van der Waals surface area contributed by atoms with Crippen molar-refractivity contribution < 1.29 is 18.0 Å². The van der Waals surface area contributed by atoms with Crippen molar-refractivity contribution in [2.24, 2.45) is 0 Å². The minimum atomic E-state index is -3.68. The predicted octanol–water partition coefficient (Wildman–Crippen LogP) is -0.168. The number of carbonyl (C=O) groups is 2. The van der Waals surface area contributed by atoms with Crippen LogP contribution in [-0.4, -0.2) is 52.3 Å². The van der Waals surface area contributed by atoms with E-state index in [1.165, 1.54) is 25.2 Å². The lowest BCUT2D eigenvalue weighted by Gasteiger charge is -2.07. The molecule has 0 aliphatic carbocycles. The van der Waals surface area contributed by atoms with Gasteiger partial charge in [-0.05, 0) is 25.2 Å². The van der Waals surface area contributed by atoms with Crippen molar-refractivity contribution in [1.29, 1.82) is 0 Å². The van der Waals surface area contributed by atoms with E-state index in [0.29, 0.717) is 6.54 Å². The number of amides is 2. The number of halogens is 1. The lowest BCUT2D eigenvalue weighted by atomic mass is 10.1. The van der Waals surface area contributed by atoms with Gasteiger partial charge in [0, 0.05) is 20.1 Å². The molecular formula is C12H16ClN3O4S. The van der Waals surface area contributed by atoms with E-state index in [0.717, 1.165) is 4.90 Å². The van der Waals surface area contributed by atoms with E-state index < -0.39 is 21.8 Å². The summed E-state index contributed by atoms with van der Waals surface area (Å²) in [6.45, 7) is 0.729. The third-order valence-electron chi connectivity index (χ3n) is 3.04. The molecule has 0 aromatic heterocycles. The van der Waals surface area contributed by atoms with Gasteiger partial charge in [0.2, 0.25) is 10.0 Å². The monoisotopic (exact) mass is 333 g/mol. The number of likely N-dealkylation sites (N-methyl/N-ethyl adjacent to an activating group) is 1. The number of nitrogens with zero attached hydrogens (tertiary/aromatic N) is 1. The van der Waals surface area contributed by atoms with E-state index in [1.54, 1.807) is 7.05 Å². The standard InChI is InChI=1S/C12H15N3O4S.ClH/c1-13-5-6-14-20(18,19)8-3-4-9-10(7-8)12(17)15(2)11(9)16;/h3-4,7,13-14H,5-6H2,1-2H3;1H. The highest BCUT2D eigenvalue weighted by molar-refractivity contribution is 7.89. The van der Waals surface area contributed by atoms with E-state index in [2.05, 4.69) is 10.0 Å². The molecule has 1 aliphatic heterocycles. The molecule has 116 valence electrons. The first kappa shape index (κ1) is 17.6. The Morgan fingerprint density at radius 2 is 1.71 bits per heavy atom. The molecule has 2 rings (SSSR count). The normalized spacial score (nSPS) is 14.1. The Labute approximate surface area is 129 Å². The first-order valence-corrected chi connectivity index (χ1v) is 7.47. The van der Waals surface area contributed by atoms with E-state index >= 15 is 0 Å². The molecule has 0 fully saturated rings.